The van der Waals surface area contributed by atoms with Gasteiger partial charge in [-0.25, -0.2) is 9.59 Å². The molecular formula is C31H34O5. The van der Waals surface area contributed by atoms with E-state index in [0.29, 0.717) is 30.3 Å². The van der Waals surface area contributed by atoms with E-state index in [4.69, 9.17) is 14.2 Å². The monoisotopic (exact) mass is 486 g/mol. The van der Waals surface area contributed by atoms with Crippen LogP contribution < -0.4 is 9.47 Å². The van der Waals surface area contributed by atoms with Crippen LogP contribution in [0.15, 0.2) is 85.5 Å². The van der Waals surface area contributed by atoms with Crippen molar-refractivity contribution >= 4 is 11.9 Å². The Morgan fingerprint density at radius 1 is 0.750 bits per heavy atom. The molecule has 0 fully saturated rings. The Morgan fingerprint density at radius 3 is 2.00 bits per heavy atom. The van der Waals surface area contributed by atoms with Gasteiger partial charge >= 0.3 is 11.9 Å². The lowest BCUT2D eigenvalue weighted by atomic mass is 10.0. The van der Waals surface area contributed by atoms with Gasteiger partial charge in [0.05, 0.1) is 18.8 Å². The molecule has 3 rings (SSSR count). The summed E-state index contributed by atoms with van der Waals surface area (Å²) in [6.07, 6.45) is 7.17. The molecule has 0 saturated heterocycles. The average Bonchev–Trinajstić information content (AvgIpc) is 2.92. The molecule has 0 aliphatic heterocycles. The minimum atomic E-state index is -0.413. The van der Waals surface area contributed by atoms with E-state index in [9.17, 15) is 9.59 Å². The van der Waals surface area contributed by atoms with Crippen LogP contribution in [0.4, 0.5) is 0 Å². The molecule has 0 bridgehead atoms. The molecule has 0 aliphatic rings. The Kier molecular flexibility index (Phi) is 10.8. The summed E-state index contributed by atoms with van der Waals surface area (Å²) < 4.78 is 16.2. The number of rotatable bonds is 14. The second-order valence-electron chi connectivity index (χ2n) is 8.52. The molecular weight excluding hydrogens is 452 g/mol. The summed E-state index contributed by atoms with van der Waals surface area (Å²) in [5, 5.41) is 0. The molecule has 0 saturated carbocycles. The highest BCUT2D eigenvalue weighted by atomic mass is 16.5. The summed E-state index contributed by atoms with van der Waals surface area (Å²) in [6.45, 7) is 6.49. The summed E-state index contributed by atoms with van der Waals surface area (Å²) in [6, 6.07) is 23.1. The van der Waals surface area contributed by atoms with E-state index < -0.39 is 11.9 Å². The Hall–Kier alpha value is -3.86. The maximum atomic E-state index is 12.5. The fraction of sp³-hybridized carbons (Fsp3) is 0.290. The molecule has 5 heteroatoms. The topological polar surface area (TPSA) is 61.8 Å². The molecule has 3 aromatic rings. The van der Waals surface area contributed by atoms with Gasteiger partial charge in [0.2, 0.25) is 0 Å². The molecule has 3 aromatic carbocycles. The van der Waals surface area contributed by atoms with Crippen LogP contribution in [-0.2, 0) is 16.0 Å². The van der Waals surface area contributed by atoms with Crippen molar-refractivity contribution in [3.8, 4) is 22.6 Å². The number of esters is 2. The Balaban J connectivity index is 1.42. The van der Waals surface area contributed by atoms with Gasteiger partial charge in [-0.05, 0) is 85.2 Å². The first-order valence-corrected chi connectivity index (χ1v) is 12.5. The normalized spacial score (nSPS) is 10.5. The second-order valence-corrected chi connectivity index (χ2v) is 8.52. The van der Waals surface area contributed by atoms with Gasteiger partial charge in [0, 0.05) is 6.08 Å². The maximum absolute atomic E-state index is 12.5. The zero-order valence-corrected chi connectivity index (χ0v) is 20.9. The van der Waals surface area contributed by atoms with Crippen LogP contribution in [0.1, 0.15) is 54.9 Å². The Labute approximate surface area is 213 Å². The van der Waals surface area contributed by atoms with Crippen LogP contribution in [0.2, 0.25) is 0 Å². The molecule has 0 N–H and O–H groups in total. The molecule has 0 unspecified atom stereocenters. The predicted octanol–water partition coefficient (Wildman–Crippen LogP) is 7.19. The molecule has 188 valence electrons. The molecule has 0 aliphatic carbocycles. The predicted molar refractivity (Wildman–Crippen MR) is 142 cm³/mol. The molecule has 0 aromatic heterocycles. The van der Waals surface area contributed by atoms with Crippen molar-refractivity contribution in [3.63, 3.8) is 0 Å². The Morgan fingerprint density at radius 2 is 1.36 bits per heavy atom. The SMILES string of the molecule is C=CC(=O)OCCCCCOc1ccc(C(=O)Oc2ccc(-c3ccc(CCCC)cc3)cc2)cc1. The molecule has 0 atom stereocenters. The van der Waals surface area contributed by atoms with Gasteiger partial charge in [-0.2, -0.15) is 0 Å². The first kappa shape index (κ1) is 26.7. The average molecular weight is 487 g/mol. The van der Waals surface area contributed by atoms with Crippen LogP contribution in [0.3, 0.4) is 0 Å². The number of hydrogen-bond acceptors (Lipinski definition) is 5. The number of aryl methyl sites for hydroxylation is 1. The van der Waals surface area contributed by atoms with Crippen molar-refractivity contribution in [3.05, 3.63) is 96.6 Å². The van der Waals surface area contributed by atoms with Crippen LogP contribution in [0.25, 0.3) is 11.1 Å². The van der Waals surface area contributed by atoms with Gasteiger partial charge in [0.1, 0.15) is 11.5 Å². The zero-order chi connectivity index (χ0) is 25.6. The summed E-state index contributed by atoms with van der Waals surface area (Å²) in [5.74, 6) is 0.381. The van der Waals surface area contributed by atoms with Crippen molar-refractivity contribution in [2.45, 2.75) is 45.4 Å². The van der Waals surface area contributed by atoms with Crippen molar-refractivity contribution in [2.75, 3.05) is 13.2 Å². The third kappa shape index (κ3) is 8.73. The van der Waals surface area contributed by atoms with E-state index in [0.717, 1.165) is 42.9 Å². The minimum Gasteiger partial charge on any atom is -0.494 e. The van der Waals surface area contributed by atoms with E-state index in [2.05, 4.69) is 37.8 Å². The van der Waals surface area contributed by atoms with Gasteiger partial charge in [-0.3, -0.25) is 0 Å². The standard InChI is InChI=1S/C31H34O5/c1-3-5-9-24-10-12-25(13-11-24)26-14-20-29(21-15-26)36-31(33)27-16-18-28(19-17-27)34-22-7-6-8-23-35-30(32)4-2/h4,10-21H,2-3,5-9,22-23H2,1H3. The summed E-state index contributed by atoms with van der Waals surface area (Å²) >= 11 is 0. The smallest absolute Gasteiger partial charge is 0.343 e. The highest BCUT2D eigenvalue weighted by molar-refractivity contribution is 5.91. The number of hydrogen-bond donors (Lipinski definition) is 0. The van der Waals surface area contributed by atoms with E-state index in [1.807, 2.05) is 24.3 Å². The van der Waals surface area contributed by atoms with E-state index in [1.165, 1.54) is 18.4 Å². The van der Waals surface area contributed by atoms with Crippen LogP contribution >= 0.6 is 0 Å². The summed E-state index contributed by atoms with van der Waals surface area (Å²) in [5.41, 5.74) is 4.03. The van der Waals surface area contributed by atoms with Crippen molar-refractivity contribution in [1.29, 1.82) is 0 Å². The third-order valence-electron chi connectivity index (χ3n) is 5.73. The van der Waals surface area contributed by atoms with E-state index in [-0.39, 0.29) is 0 Å². The fourth-order valence-corrected chi connectivity index (χ4v) is 3.62. The highest BCUT2D eigenvalue weighted by Crippen LogP contribution is 2.24. The molecule has 36 heavy (non-hydrogen) atoms. The molecule has 0 amide bonds. The molecule has 5 nitrogen and oxygen atoms in total. The first-order chi connectivity index (χ1) is 17.6. The first-order valence-electron chi connectivity index (χ1n) is 12.5. The van der Waals surface area contributed by atoms with Crippen LogP contribution in [0.5, 0.6) is 11.5 Å². The number of carbonyl (C=O) groups excluding carboxylic acids is 2. The number of unbranched alkanes of at least 4 members (excludes halogenated alkanes) is 3. The fourth-order valence-electron chi connectivity index (χ4n) is 3.62. The molecule has 0 radical (unpaired) electrons. The van der Waals surface area contributed by atoms with Gasteiger partial charge in [0.15, 0.2) is 0 Å². The third-order valence-corrected chi connectivity index (χ3v) is 5.73. The van der Waals surface area contributed by atoms with Gasteiger partial charge < -0.3 is 14.2 Å². The minimum absolute atomic E-state index is 0.386. The van der Waals surface area contributed by atoms with Crippen LogP contribution in [-0.4, -0.2) is 25.2 Å². The largest absolute Gasteiger partial charge is 0.494 e. The summed E-state index contributed by atoms with van der Waals surface area (Å²) in [4.78, 5) is 23.5. The quantitative estimate of drug-likeness (QED) is 0.104. The summed E-state index contributed by atoms with van der Waals surface area (Å²) in [7, 11) is 0. The molecule has 0 heterocycles. The number of ether oxygens (including phenoxy) is 3. The lowest BCUT2D eigenvalue weighted by molar-refractivity contribution is -0.137. The lowest BCUT2D eigenvalue weighted by Gasteiger charge is -2.09. The number of benzene rings is 3. The second kappa shape index (κ2) is 14.5. The van der Waals surface area contributed by atoms with Crippen molar-refractivity contribution < 1.29 is 23.8 Å². The lowest BCUT2D eigenvalue weighted by Crippen LogP contribution is -2.08. The van der Waals surface area contributed by atoms with Gasteiger partial charge in [-0.1, -0.05) is 56.3 Å². The van der Waals surface area contributed by atoms with Crippen molar-refractivity contribution in [1.82, 2.24) is 0 Å². The number of carbonyl (C=O) groups is 2. The van der Waals surface area contributed by atoms with E-state index in [1.54, 1.807) is 24.3 Å². The zero-order valence-electron chi connectivity index (χ0n) is 20.9. The van der Waals surface area contributed by atoms with Crippen LogP contribution in [0, 0.1) is 0 Å². The highest BCUT2D eigenvalue weighted by Gasteiger charge is 2.09. The van der Waals surface area contributed by atoms with Gasteiger partial charge in [0.25, 0.3) is 0 Å². The van der Waals surface area contributed by atoms with E-state index >= 15 is 0 Å². The Bertz CT molecular complexity index is 1100. The maximum Gasteiger partial charge on any atom is 0.343 e. The molecule has 0 spiro atoms. The van der Waals surface area contributed by atoms with Gasteiger partial charge in [-0.15, -0.1) is 0 Å². The van der Waals surface area contributed by atoms with Crippen molar-refractivity contribution in [2.24, 2.45) is 0 Å².